The monoisotopic (exact) mass is 593 g/mol. The Hall–Kier alpha value is -4.43. The first-order valence-electron chi connectivity index (χ1n) is 15.6. The summed E-state index contributed by atoms with van der Waals surface area (Å²) in [5.41, 5.74) is 5.17. The second-order valence-electron chi connectivity index (χ2n) is 11.5. The zero-order chi connectivity index (χ0) is 30.7. The number of aromatic nitrogens is 2. The van der Waals surface area contributed by atoms with Crippen LogP contribution in [-0.4, -0.2) is 64.2 Å². The molecule has 230 valence electrons. The standard InChI is InChI=1S/C36H43N5O3/c1-29-12-9-15-31-27-40(34(42)19-18-32-20-21-37-38(32)2)24-10-22-39(26-30-13-5-3-6-14-30)23-11-25-41(36(29)31)35(43)28-44-33-16-7-4-8-17-33/h3-9,12-17,20-21H,10-11,18-19,22-28H2,1-2H3. The van der Waals surface area contributed by atoms with E-state index in [9.17, 15) is 9.59 Å². The maximum Gasteiger partial charge on any atom is 0.264 e. The Morgan fingerprint density at radius 3 is 2.27 bits per heavy atom. The molecule has 4 aromatic rings. The van der Waals surface area contributed by atoms with E-state index in [2.05, 4.69) is 40.3 Å². The van der Waals surface area contributed by atoms with E-state index in [4.69, 9.17) is 4.74 Å². The third-order valence-corrected chi connectivity index (χ3v) is 8.24. The molecule has 3 aromatic carbocycles. The lowest BCUT2D eigenvalue weighted by molar-refractivity contribution is -0.132. The van der Waals surface area contributed by atoms with Crippen molar-refractivity contribution in [3.63, 3.8) is 0 Å². The molecule has 0 unspecified atom stereocenters. The fourth-order valence-electron chi connectivity index (χ4n) is 5.92. The molecular weight excluding hydrogens is 550 g/mol. The molecule has 0 saturated carbocycles. The molecule has 0 fully saturated rings. The average molecular weight is 594 g/mol. The minimum Gasteiger partial charge on any atom is -0.484 e. The summed E-state index contributed by atoms with van der Waals surface area (Å²) >= 11 is 0. The number of ether oxygens (including phenoxy) is 1. The quantitative estimate of drug-likeness (QED) is 0.274. The molecule has 8 nitrogen and oxygen atoms in total. The Labute approximate surface area is 260 Å². The van der Waals surface area contributed by atoms with Gasteiger partial charge in [-0.2, -0.15) is 5.10 Å². The molecule has 0 bridgehead atoms. The normalized spacial score (nSPS) is 14.8. The van der Waals surface area contributed by atoms with E-state index in [-0.39, 0.29) is 18.4 Å². The lowest BCUT2D eigenvalue weighted by atomic mass is 10.0. The number of carbonyl (C=O) groups is 2. The molecule has 0 aliphatic carbocycles. The lowest BCUT2D eigenvalue weighted by Crippen LogP contribution is -2.41. The number of rotatable bonds is 8. The van der Waals surface area contributed by atoms with Gasteiger partial charge in [-0.25, -0.2) is 0 Å². The number of para-hydroxylation sites is 2. The summed E-state index contributed by atoms with van der Waals surface area (Å²) in [7, 11) is 1.91. The molecule has 2 heterocycles. The highest BCUT2D eigenvalue weighted by molar-refractivity contribution is 5.96. The van der Waals surface area contributed by atoms with Gasteiger partial charge in [0.15, 0.2) is 6.61 Å². The van der Waals surface area contributed by atoms with Crippen LogP contribution < -0.4 is 9.64 Å². The fraction of sp³-hybridized carbons (Fsp3) is 0.361. The number of nitrogens with zero attached hydrogens (tertiary/aromatic N) is 5. The summed E-state index contributed by atoms with van der Waals surface area (Å²) in [5, 5.41) is 4.26. The number of anilines is 1. The van der Waals surface area contributed by atoms with Gasteiger partial charge in [-0.15, -0.1) is 0 Å². The van der Waals surface area contributed by atoms with Crippen LogP contribution in [-0.2, 0) is 36.1 Å². The van der Waals surface area contributed by atoms with Crippen molar-refractivity contribution in [3.8, 4) is 5.75 Å². The predicted molar refractivity (Wildman–Crippen MR) is 173 cm³/mol. The number of fused-ring (bicyclic) bond motifs is 1. The van der Waals surface area contributed by atoms with Gasteiger partial charge in [0.05, 0.1) is 5.69 Å². The highest BCUT2D eigenvalue weighted by Gasteiger charge is 2.25. The van der Waals surface area contributed by atoms with Crippen LogP contribution in [0.2, 0.25) is 0 Å². The minimum atomic E-state index is -0.0924. The number of hydrogen-bond donors (Lipinski definition) is 0. The smallest absolute Gasteiger partial charge is 0.264 e. The van der Waals surface area contributed by atoms with Gasteiger partial charge >= 0.3 is 0 Å². The van der Waals surface area contributed by atoms with Gasteiger partial charge in [-0.3, -0.25) is 19.2 Å². The predicted octanol–water partition coefficient (Wildman–Crippen LogP) is 5.40. The van der Waals surface area contributed by atoms with Crippen LogP contribution >= 0.6 is 0 Å². The summed E-state index contributed by atoms with van der Waals surface area (Å²) in [4.78, 5) is 33.9. The van der Waals surface area contributed by atoms with Crippen LogP contribution in [0.1, 0.15) is 41.6 Å². The van der Waals surface area contributed by atoms with Gasteiger partial charge in [0.1, 0.15) is 5.75 Å². The fourth-order valence-corrected chi connectivity index (χ4v) is 5.92. The molecule has 0 saturated heterocycles. The van der Waals surface area contributed by atoms with E-state index in [0.717, 1.165) is 55.0 Å². The molecule has 0 radical (unpaired) electrons. The summed E-state index contributed by atoms with van der Waals surface area (Å²) in [6, 6.07) is 28.0. The van der Waals surface area contributed by atoms with Gasteiger partial charge < -0.3 is 14.5 Å². The van der Waals surface area contributed by atoms with E-state index >= 15 is 0 Å². The maximum absolute atomic E-state index is 13.9. The lowest BCUT2D eigenvalue weighted by Gasteiger charge is -2.32. The number of hydrogen-bond acceptors (Lipinski definition) is 5. The van der Waals surface area contributed by atoms with Crippen LogP contribution in [0.4, 0.5) is 5.69 Å². The highest BCUT2D eigenvalue weighted by Crippen LogP contribution is 2.28. The Morgan fingerprint density at radius 1 is 0.818 bits per heavy atom. The second-order valence-corrected chi connectivity index (χ2v) is 11.5. The Bertz CT molecular complexity index is 1500. The zero-order valence-electron chi connectivity index (χ0n) is 25.9. The SMILES string of the molecule is Cc1cccc2c1N(C(=O)COc1ccccc1)CCCN(Cc1ccccc1)CCCN(C(=O)CCc1ccnn1C)C2. The molecular formula is C36H43N5O3. The van der Waals surface area contributed by atoms with Crippen molar-refractivity contribution in [3.05, 3.63) is 114 Å². The number of benzene rings is 3. The second kappa shape index (κ2) is 15.3. The van der Waals surface area contributed by atoms with Crippen LogP contribution in [0.3, 0.4) is 0 Å². The maximum atomic E-state index is 13.9. The first-order chi connectivity index (χ1) is 21.5. The van der Waals surface area contributed by atoms with E-state index in [0.29, 0.717) is 38.2 Å². The van der Waals surface area contributed by atoms with Crippen molar-refractivity contribution in [2.75, 3.05) is 37.7 Å². The van der Waals surface area contributed by atoms with Crippen LogP contribution in [0, 0.1) is 6.92 Å². The van der Waals surface area contributed by atoms with Crippen molar-refractivity contribution < 1.29 is 14.3 Å². The van der Waals surface area contributed by atoms with Gasteiger partial charge in [0.2, 0.25) is 5.91 Å². The van der Waals surface area contributed by atoms with Crippen LogP contribution in [0.25, 0.3) is 0 Å². The summed E-state index contributed by atoms with van der Waals surface area (Å²) in [6.45, 7) is 6.18. The van der Waals surface area contributed by atoms with Gasteiger partial charge in [0.25, 0.3) is 5.91 Å². The van der Waals surface area contributed by atoms with Crippen molar-refractivity contribution in [1.29, 1.82) is 0 Å². The van der Waals surface area contributed by atoms with Gasteiger partial charge in [0, 0.05) is 64.6 Å². The minimum absolute atomic E-state index is 0.0567. The molecule has 5 rings (SSSR count). The zero-order valence-corrected chi connectivity index (χ0v) is 25.9. The van der Waals surface area contributed by atoms with Crippen molar-refractivity contribution in [2.24, 2.45) is 7.05 Å². The topological polar surface area (TPSA) is 70.9 Å². The van der Waals surface area contributed by atoms with Crippen LogP contribution in [0.15, 0.2) is 91.1 Å². The molecule has 0 N–H and O–H groups in total. The molecule has 8 heteroatoms. The number of carbonyl (C=O) groups excluding carboxylic acids is 2. The van der Waals surface area contributed by atoms with Crippen molar-refractivity contribution >= 4 is 17.5 Å². The Balaban J connectivity index is 1.41. The van der Waals surface area contributed by atoms with Crippen molar-refractivity contribution in [2.45, 2.75) is 45.7 Å². The highest BCUT2D eigenvalue weighted by atomic mass is 16.5. The largest absolute Gasteiger partial charge is 0.484 e. The molecule has 1 aliphatic rings. The van der Waals surface area contributed by atoms with E-state index in [1.807, 2.05) is 83.1 Å². The molecule has 1 aliphatic heterocycles. The summed E-state index contributed by atoms with van der Waals surface area (Å²) in [6.07, 6.45) is 4.50. The third-order valence-electron chi connectivity index (χ3n) is 8.24. The number of amides is 2. The third kappa shape index (κ3) is 8.35. The van der Waals surface area contributed by atoms with Crippen LogP contribution in [0.5, 0.6) is 5.75 Å². The molecule has 0 atom stereocenters. The first-order valence-corrected chi connectivity index (χ1v) is 15.6. The van der Waals surface area contributed by atoms with E-state index in [1.165, 1.54) is 5.56 Å². The first kappa shape index (κ1) is 31.0. The molecule has 0 spiro atoms. The van der Waals surface area contributed by atoms with E-state index < -0.39 is 0 Å². The number of aryl methyl sites for hydroxylation is 3. The summed E-state index contributed by atoms with van der Waals surface area (Å²) in [5.74, 6) is 0.681. The summed E-state index contributed by atoms with van der Waals surface area (Å²) < 4.78 is 7.74. The molecule has 1 aromatic heterocycles. The van der Waals surface area contributed by atoms with Gasteiger partial charge in [-0.1, -0.05) is 66.7 Å². The van der Waals surface area contributed by atoms with Gasteiger partial charge in [-0.05, 0) is 61.1 Å². The molecule has 44 heavy (non-hydrogen) atoms. The van der Waals surface area contributed by atoms with Crippen molar-refractivity contribution in [1.82, 2.24) is 19.6 Å². The Kier molecular flexibility index (Phi) is 10.8. The average Bonchev–Trinajstić information content (AvgIpc) is 3.45. The molecule has 2 amide bonds. The van der Waals surface area contributed by atoms with E-state index in [1.54, 1.807) is 6.20 Å². The Morgan fingerprint density at radius 2 is 1.55 bits per heavy atom.